The number of halogens is 3. The molecule has 1 saturated carbocycles. The summed E-state index contributed by atoms with van der Waals surface area (Å²) in [4.78, 5) is 0. The van der Waals surface area contributed by atoms with E-state index in [9.17, 15) is 13.2 Å². The van der Waals surface area contributed by atoms with Crippen LogP contribution in [-0.2, 0) is 0 Å². The average molecular weight is 140 g/mol. The lowest BCUT2D eigenvalue weighted by atomic mass is 10.4. The van der Waals surface area contributed by atoms with Gasteiger partial charge in [0.1, 0.15) is 0 Å². The summed E-state index contributed by atoms with van der Waals surface area (Å²) >= 11 is 0. The van der Waals surface area contributed by atoms with Crippen molar-refractivity contribution in [2.45, 2.75) is 38.8 Å². The van der Waals surface area contributed by atoms with Crippen molar-refractivity contribution in [1.82, 2.24) is 0 Å². The lowest BCUT2D eigenvalue weighted by Gasteiger charge is -1.92. The molecule has 1 aliphatic carbocycles. The molecule has 0 saturated heterocycles. The Bertz CT molecular complexity index is 84.5. The van der Waals surface area contributed by atoms with Crippen molar-refractivity contribution in [1.29, 1.82) is 0 Å². The molecule has 0 bridgehead atoms. The highest BCUT2D eigenvalue weighted by Crippen LogP contribution is 2.55. The molecule has 0 amide bonds. The van der Waals surface area contributed by atoms with Gasteiger partial charge in [0.05, 0.1) is 6.42 Å². The molecule has 0 N–H and O–H groups in total. The number of alkyl halides is 3. The van der Waals surface area contributed by atoms with E-state index < -0.39 is 18.0 Å². The third kappa shape index (κ3) is 1.60. The van der Waals surface area contributed by atoms with Crippen molar-refractivity contribution in [2.24, 2.45) is 0 Å². The number of hydrogen-bond acceptors (Lipinski definition) is 0. The lowest BCUT2D eigenvalue weighted by Crippen LogP contribution is -2.04. The molecule has 1 fully saturated rings. The van der Waals surface area contributed by atoms with Crippen LogP contribution in [0.15, 0.2) is 0 Å². The van der Waals surface area contributed by atoms with Crippen molar-refractivity contribution in [3.05, 3.63) is 0 Å². The molecule has 9 heavy (non-hydrogen) atoms. The maximum Gasteiger partial charge on any atom is 0.284 e. The Morgan fingerprint density at radius 1 is 1.11 bits per heavy atom. The predicted octanol–water partition coefficient (Wildman–Crippen LogP) is 2.78. The molecule has 0 nitrogen and oxygen atoms in total. The van der Waals surface area contributed by atoms with E-state index in [-0.39, 0.29) is 0 Å². The van der Waals surface area contributed by atoms with E-state index in [0.717, 1.165) is 6.92 Å². The van der Waals surface area contributed by atoms with Crippen LogP contribution >= 0.6 is 0 Å². The maximum atomic E-state index is 11.8. The summed E-state index contributed by atoms with van der Waals surface area (Å²) in [7, 11) is 0. The second-order valence-corrected chi connectivity index (χ2v) is 2.08. The van der Waals surface area contributed by atoms with Crippen molar-refractivity contribution < 1.29 is 13.2 Å². The van der Waals surface area contributed by atoms with Gasteiger partial charge in [0.2, 0.25) is 0 Å². The lowest BCUT2D eigenvalue weighted by molar-refractivity contribution is 0.0514. The predicted molar refractivity (Wildman–Crippen MR) is 30.4 cm³/mol. The van der Waals surface area contributed by atoms with Gasteiger partial charge in [0.25, 0.3) is 5.92 Å². The molecule has 1 aliphatic rings. The molecule has 0 aromatic carbocycles. The number of rotatable bonds is 0. The van der Waals surface area contributed by atoms with Crippen LogP contribution in [0.3, 0.4) is 0 Å². The van der Waals surface area contributed by atoms with E-state index in [0.29, 0.717) is 0 Å². The fourth-order valence-corrected chi connectivity index (χ4v) is 0.373. The van der Waals surface area contributed by atoms with Crippen molar-refractivity contribution >= 4 is 0 Å². The van der Waals surface area contributed by atoms with E-state index in [1.165, 1.54) is 0 Å². The Morgan fingerprint density at radius 2 is 1.22 bits per heavy atom. The first kappa shape index (κ1) is 8.79. The summed E-state index contributed by atoms with van der Waals surface area (Å²) in [5, 5.41) is 0. The normalized spacial score (nSPS) is 36.7. The first-order valence-electron chi connectivity index (χ1n) is 3.02. The van der Waals surface area contributed by atoms with E-state index >= 15 is 0 Å². The summed E-state index contributed by atoms with van der Waals surface area (Å²) in [5.74, 6) is -3.02. The summed E-state index contributed by atoms with van der Waals surface area (Å²) < 4.78 is 34.9. The molecule has 0 aromatic heterocycles. The fraction of sp³-hybridized carbons (Fsp3) is 1.00. The van der Waals surface area contributed by atoms with Gasteiger partial charge in [-0.2, -0.15) is 0 Å². The zero-order chi connectivity index (χ0) is 7.71. The zero-order valence-corrected chi connectivity index (χ0v) is 5.84. The molecular weight excluding hydrogens is 129 g/mol. The zero-order valence-electron chi connectivity index (χ0n) is 5.84. The van der Waals surface area contributed by atoms with E-state index in [2.05, 4.69) is 0 Å². The quantitative estimate of drug-likeness (QED) is 0.485. The molecule has 1 rings (SSSR count). The summed E-state index contributed by atoms with van der Waals surface area (Å²) in [5.41, 5.74) is -2.19. The fourth-order valence-electron chi connectivity index (χ4n) is 0.373. The topological polar surface area (TPSA) is 0 Å². The van der Waals surface area contributed by atoms with Crippen LogP contribution in [0.5, 0.6) is 0 Å². The Hall–Kier alpha value is -0.210. The third-order valence-corrected chi connectivity index (χ3v) is 1.19. The van der Waals surface area contributed by atoms with Gasteiger partial charge in [-0.25, -0.2) is 13.2 Å². The van der Waals surface area contributed by atoms with Gasteiger partial charge >= 0.3 is 0 Å². The summed E-state index contributed by atoms with van der Waals surface area (Å²) in [6, 6.07) is 0. The van der Waals surface area contributed by atoms with Crippen molar-refractivity contribution in [3.8, 4) is 0 Å². The van der Waals surface area contributed by atoms with Crippen LogP contribution in [0.2, 0.25) is 0 Å². The molecule has 0 aliphatic heterocycles. The second kappa shape index (κ2) is 2.20. The van der Waals surface area contributed by atoms with Gasteiger partial charge in [-0.15, -0.1) is 0 Å². The van der Waals surface area contributed by atoms with Gasteiger partial charge in [-0.1, -0.05) is 13.8 Å². The molecule has 0 aromatic rings. The highest BCUT2D eigenvalue weighted by atomic mass is 19.3. The standard InChI is InChI=1S/C4H5F3.C2H6/c1-3(5)2-4(3,6)7;1-2/h2H2,1H3;1-2H3. The van der Waals surface area contributed by atoms with E-state index in [4.69, 9.17) is 0 Å². The van der Waals surface area contributed by atoms with Crippen LogP contribution in [0.4, 0.5) is 13.2 Å². The third-order valence-electron chi connectivity index (χ3n) is 1.19. The minimum absolute atomic E-state index is 0.597. The first-order chi connectivity index (χ1) is 3.96. The van der Waals surface area contributed by atoms with Crippen LogP contribution < -0.4 is 0 Å². The van der Waals surface area contributed by atoms with Crippen LogP contribution in [0, 0.1) is 0 Å². The molecule has 1 atom stereocenters. The van der Waals surface area contributed by atoms with Gasteiger partial charge in [0, 0.05) is 0 Å². The maximum absolute atomic E-state index is 11.8. The Balaban J connectivity index is 0.000000291. The minimum Gasteiger partial charge on any atom is -0.237 e. The molecule has 3 heteroatoms. The Labute approximate surface area is 53.1 Å². The molecule has 1 unspecified atom stereocenters. The summed E-state index contributed by atoms with van der Waals surface area (Å²) in [6.45, 7) is 4.91. The van der Waals surface area contributed by atoms with Gasteiger partial charge in [-0.3, -0.25) is 0 Å². The molecule has 0 spiro atoms. The van der Waals surface area contributed by atoms with Gasteiger partial charge in [-0.05, 0) is 6.92 Å². The molecular formula is C6H11F3. The van der Waals surface area contributed by atoms with Crippen LogP contribution in [-0.4, -0.2) is 11.6 Å². The smallest absolute Gasteiger partial charge is 0.237 e. The summed E-state index contributed by atoms with van der Waals surface area (Å²) in [6.07, 6.45) is -0.597. The minimum atomic E-state index is -3.02. The number of hydrogen-bond donors (Lipinski definition) is 0. The monoisotopic (exact) mass is 140 g/mol. The molecule has 0 heterocycles. The Morgan fingerprint density at radius 3 is 1.22 bits per heavy atom. The van der Waals surface area contributed by atoms with Crippen molar-refractivity contribution in [3.63, 3.8) is 0 Å². The van der Waals surface area contributed by atoms with Crippen molar-refractivity contribution in [2.75, 3.05) is 0 Å². The van der Waals surface area contributed by atoms with Gasteiger partial charge in [0.15, 0.2) is 5.67 Å². The highest BCUT2D eigenvalue weighted by molar-refractivity contribution is 5.08. The molecule has 0 radical (unpaired) electrons. The second-order valence-electron chi connectivity index (χ2n) is 2.08. The first-order valence-corrected chi connectivity index (χ1v) is 3.02. The Kier molecular flexibility index (Phi) is 2.14. The molecule has 56 valence electrons. The average Bonchev–Trinajstić information content (AvgIpc) is 2.10. The van der Waals surface area contributed by atoms with Crippen LogP contribution in [0.25, 0.3) is 0 Å². The van der Waals surface area contributed by atoms with Crippen LogP contribution in [0.1, 0.15) is 27.2 Å². The van der Waals surface area contributed by atoms with Gasteiger partial charge < -0.3 is 0 Å². The highest BCUT2D eigenvalue weighted by Gasteiger charge is 2.69. The van der Waals surface area contributed by atoms with E-state index in [1.807, 2.05) is 13.8 Å². The SMILES string of the molecule is CC.CC1(F)CC1(F)F. The largest absolute Gasteiger partial charge is 0.284 e. The van der Waals surface area contributed by atoms with E-state index in [1.54, 1.807) is 0 Å².